The van der Waals surface area contributed by atoms with E-state index in [0.717, 1.165) is 13.0 Å². The highest BCUT2D eigenvalue weighted by Gasteiger charge is 2.14. The quantitative estimate of drug-likeness (QED) is 0.892. The fourth-order valence-electron chi connectivity index (χ4n) is 2.34. The second-order valence-corrected chi connectivity index (χ2v) is 4.80. The molecule has 106 valence electrons. The van der Waals surface area contributed by atoms with Crippen molar-refractivity contribution in [2.24, 2.45) is 0 Å². The van der Waals surface area contributed by atoms with Gasteiger partial charge in [-0.25, -0.2) is 4.39 Å². The molecule has 0 radical (unpaired) electrons. The molecule has 2 rings (SSSR count). The fraction of sp³-hybridized carbons (Fsp3) is 0.500. The Morgan fingerprint density at radius 2 is 2.32 bits per heavy atom. The van der Waals surface area contributed by atoms with Crippen LogP contribution in [0.4, 0.5) is 4.39 Å². The molecule has 0 bridgehead atoms. The van der Waals surface area contributed by atoms with Crippen LogP contribution in [0.25, 0.3) is 0 Å². The van der Waals surface area contributed by atoms with Crippen LogP contribution in [0.3, 0.4) is 0 Å². The van der Waals surface area contributed by atoms with Crippen molar-refractivity contribution in [3.8, 4) is 0 Å². The van der Waals surface area contributed by atoms with Gasteiger partial charge in [-0.3, -0.25) is 4.79 Å². The van der Waals surface area contributed by atoms with Crippen LogP contribution in [-0.4, -0.2) is 25.0 Å². The van der Waals surface area contributed by atoms with E-state index in [2.05, 4.69) is 10.6 Å². The summed E-state index contributed by atoms with van der Waals surface area (Å²) in [6, 6.07) is 4.77. The van der Waals surface area contributed by atoms with Crippen LogP contribution >= 0.6 is 12.4 Å². The lowest BCUT2D eigenvalue weighted by Crippen LogP contribution is -2.30. The molecule has 1 fully saturated rings. The Kier molecular flexibility index (Phi) is 6.25. The number of hydrogen-bond acceptors (Lipinski definition) is 2. The molecule has 1 aromatic rings. The second-order valence-electron chi connectivity index (χ2n) is 4.80. The van der Waals surface area contributed by atoms with Crippen LogP contribution in [0.15, 0.2) is 18.2 Å². The van der Waals surface area contributed by atoms with Crippen molar-refractivity contribution in [3.05, 3.63) is 35.1 Å². The summed E-state index contributed by atoms with van der Waals surface area (Å²) in [5.41, 5.74) is 1.22. The molecular formula is C14H20ClFN2O. The molecule has 3 nitrogen and oxygen atoms in total. The number of carbonyl (C=O) groups excluding carboxylic acids is 1. The van der Waals surface area contributed by atoms with Gasteiger partial charge in [0.05, 0.1) is 0 Å². The summed E-state index contributed by atoms with van der Waals surface area (Å²) in [4.78, 5) is 11.9. The summed E-state index contributed by atoms with van der Waals surface area (Å²) in [5, 5.41) is 6.27. The van der Waals surface area contributed by atoms with Gasteiger partial charge in [0.25, 0.3) is 5.91 Å². The maximum atomic E-state index is 12.9. The van der Waals surface area contributed by atoms with Gasteiger partial charge < -0.3 is 10.6 Å². The molecule has 0 unspecified atom stereocenters. The van der Waals surface area contributed by atoms with Crippen LogP contribution < -0.4 is 10.6 Å². The van der Waals surface area contributed by atoms with Crippen LogP contribution in [0, 0.1) is 12.7 Å². The Hall–Kier alpha value is -1.13. The molecule has 2 N–H and O–H groups in total. The lowest BCUT2D eigenvalue weighted by Gasteiger charge is -2.11. The number of benzene rings is 1. The van der Waals surface area contributed by atoms with Crippen molar-refractivity contribution >= 4 is 18.3 Å². The van der Waals surface area contributed by atoms with Gasteiger partial charge >= 0.3 is 0 Å². The highest BCUT2D eigenvalue weighted by molar-refractivity contribution is 5.95. The van der Waals surface area contributed by atoms with Gasteiger partial charge in [0, 0.05) is 18.2 Å². The van der Waals surface area contributed by atoms with E-state index in [4.69, 9.17) is 0 Å². The number of hydrogen-bond donors (Lipinski definition) is 2. The normalized spacial score (nSPS) is 17.9. The van der Waals surface area contributed by atoms with Crippen molar-refractivity contribution < 1.29 is 9.18 Å². The summed E-state index contributed by atoms with van der Waals surface area (Å²) in [6.07, 6.45) is 3.35. The van der Waals surface area contributed by atoms with Crippen LogP contribution in [0.5, 0.6) is 0 Å². The average molecular weight is 287 g/mol. The highest BCUT2D eigenvalue weighted by Crippen LogP contribution is 2.11. The summed E-state index contributed by atoms with van der Waals surface area (Å²) in [5.74, 6) is -0.426. The predicted molar refractivity (Wildman–Crippen MR) is 76.4 cm³/mol. The third-order valence-electron chi connectivity index (χ3n) is 3.37. The first kappa shape index (κ1) is 15.9. The molecule has 0 saturated carbocycles. The Morgan fingerprint density at radius 3 is 2.95 bits per heavy atom. The number of rotatable bonds is 4. The minimum absolute atomic E-state index is 0. The first-order chi connectivity index (χ1) is 8.66. The highest BCUT2D eigenvalue weighted by atomic mass is 35.5. The van der Waals surface area contributed by atoms with E-state index >= 15 is 0 Å². The first-order valence-electron chi connectivity index (χ1n) is 6.44. The standard InChI is InChI=1S/C14H19FN2O.ClH/c1-10-9-11(15)4-5-13(10)14(18)17-8-6-12-3-2-7-16-12;/h4-5,9,12,16H,2-3,6-8H2,1H3,(H,17,18);1H/t12-;/m1./s1. The molecule has 0 aromatic heterocycles. The van der Waals surface area contributed by atoms with Crippen LogP contribution in [-0.2, 0) is 0 Å². The van der Waals surface area contributed by atoms with E-state index in [1.807, 2.05) is 0 Å². The SMILES string of the molecule is Cc1cc(F)ccc1C(=O)NCC[C@H]1CCCN1.Cl. The van der Waals surface area contributed by atoms with Crippen molar-refractivity contribution in [2.75, 3.05) is 13.1 Å². The van der Waals surface area contributed by atoms with E-state index in [0.29, 0.717) is 23.7 Å². The molecule has 1 aliphatic heterocycles. The molecule has 1 aliphatic rings. The molecule has 0 spiro atoms. The van der Waals surface area contributed by atoms with E-state index in [9.17, 15) is 9.18 Å². The fourth-order valence-corrected chi connectivity index (χ4v) is 2.34. The zero-order valence-electron chi connectivity index (χ0n) is 11.0. The van der Waals surface area contributed by atoms with E-state index in [1.165, 1.54) is 31.0 Å². The molecule has 0 aliphatic carbocycles. The summed E-state index contributed by atoms with van der Waals surface area (Å²) in [6.45, 7) is 3.49. The van der Waals surface area contributed by atoms with E-state index in [1.54, 1.807) is 6.92 Å². The first-order valence-corrected chi connectivity index (χ1v) is 6.44. The minimum Gasteiger partial charge on any atom is -0.352 e. The number of halogens is 2. The van der Waals surface area contributed by atoms with Gasteiger partial charge in [-0.2, -0.15) is 0 Å². The van der Waals surface area contributed by atoms with Crippen LogP contribution in [0.1, 0.15) is 35.2 Å². The maximum Gasteiger partial charge on any atom is 0.251 e. The Morgan fingerprint density at radius 1 is 1.53 bits per heavy atom. The number of amides is 1. The Labute approximate surface area is 119 Å². The zero-order chi connectivity index (χ0) is 13.0. The second kappa shape index (κ2) is 7.46. The summed E-state index contributed by atoms with van der Waals surface area (Å²) in [7, 11) is 0. The monoisotopic (exact) mass is 286 g/mol. The van der Waals surface area contributed by atoms with Gasteiger partial charge in [0.2, 0.25) is 0 Å². The third kappa shape index (κ3) is 4.48. The van der Waals surface area contributed by atoms with Gasteiger partial charge in [0.15, 0.2) is 0 Å². The van der Waals surface area contributed by atoms with Crippen molar-refractivity contribution in [2.45, 2.75) is 32.2 Å². The Bertz CT molecular complexity index is 433. The van der Waals surface area contributed by atoms with Gasteiger partial charge in [-0.05, 0) is 56.5 Å². The van der Waals surface area contributed by atoms with Crippen LogP contribution in [0.2, 0.25) is 0 Å². The molecule has 19 heavy (non-hydrogen) atoms. The number of aryl methyl sites for hydroxylation is 1. The topological polar surface area (TPSA) is 41.1 Å². The molecule has 5 heteroatoms. The smallest absolute Gasteiger partial charge is 0.251 e. The minimum atomic E-state index is -0.306. The molecule has 1 aromatic carbocycles. The number of nitrogens with one attached hydrogen (secondary N) is 2. The van der Waals surface area contributed by atoms with Gasteiger partial charge in [-0.15, -0.1) is 12.4 Å². The van der Waals surface area contributed by atoms with E-state index < -0.39 is 0 Å². The molecular weight excluding hydrogens is 267 g/mol. The molecule has 1 atom stereocenters. The zero-order valence-corrected chi connectivity index (χ0v) is 11.9. The lowest BCUT2D eigenvalue weighted by atomic mass is 10.1. The lowest BCUT2D eigenvalue weighted by molar-refractivity contribution is 0.0951. The van der Waals surface area contributed by atoms with Crippen molar-refractivity contribution in [1.82, 2.24) is 10.6 Å². The van der Waals surface area contributed by atoms with Gasteiger partial charge in [0.1, 0.15) is 5.82 Å². The molecule has 1 saturated heterocycles. The average Bonchev–Trinajstić information content (AvgIpc) is 2.81. The van der Waals surface area contributed by atoms with Gasteiger partial charge in [-0.1, -0.05) is 0 Å². The molecule has 1 heterocycles. The van der Waals surface area contributed by atoms with Crippen molar-refractivity contribution in [3.63, 3.8) is 0 Å². The predicted octanol–water partition coefficient (Wildman–Crippen LogP) is 2.43. The summed E-state index contributed by atoms with van der Waals surface area (Å²) < 4.78 is 12.9. The molecule has 1 amide bonds. The maximum absolute atomic E-state index is 12.9. The third-order valence-corrected chi connectivity index (χ3v) is 3.37. The largest absolute Gasteiger partial charge is 0.352 e. The number of carbonyl (C=O) groups is 1. The van der Waals surface area contributed by atoms with E-state index in [-0.39, 0.29) is 24.1 Å². The summed E-state index contributed by atoms with van der Waals surface area (Å²) >= 11 is 0. The van der Waals surface area contributed by atoms with Crippen molar-refractivity contribution in [1.29, 1.82) is 0 Å². The Balaban J connectivity index is 0.00000180.